The fraction of sp³-hybridized carbons (Fsp3) is 0.438. The van der Waals surface area contributed by atoms with Gasteiger partial charge in [0.25, 0.3) is 0 Å². The molecule has 0 aliphatic heterocycles. The summed E-state index contributed by atoms with van der Waals surface area (Å²) in [6.07, 6.45) is 6.81. The first-order valence-electron chi connectivity index (χ1n) is 7.27. The van der Waals surface area contributed by atoms with Gasteiger partial charge in [-0.2, -0.15) is 0 Å². The second-order valence-corrected chi connectivity index (χ2v) is 8.04. The van der Waals surface area contributed by atoms with E-state index in [9.17, 15) is 17.6 Å². The highest BCUT2D eigenvalue weighted by Crippen LogP contribution is 2.23. The van der Waals surface area contributed by atoms with Crippen molar-refractivity contribution in [2.45, 2.75) is 37.0 Å². The molecule has 4 nitrogen and oxygen atoms in total. The van der Waals surface area contributed by atoms with Gasteiger partial charge in [-0.1, -0.05) is 18.6 Å². The third-order valence-electron chi connectivity index (χ3n) is 3.85. The molecule has 1 aromatic carbocycles. The summed E-state index contributed by atoms with van der Waals surface area (Å²) in [5, 5.41) is 2.45. The van der Waals surface area contributed by atoms with Crippen LogP contribution in [0.4, 0.5) is 4.39 Å². The lowest BCUT2D eigenvalue weighted by Crippen LogP contribution is -2.41. The molecule has 1 fully saturated rings. The monoisotopic (exact) mass is 325 g/mol. The van der Waals surface area contributed by atoms with E-state index in [1.54, 1.807) is 12.1 Å². The van der Waals surface area contributed by atoms with Gasteiger partial charge in [-0.15, -0.1) is 0 Å². The minimum Gasteiger partial charge on any atom is -0.350 e. The normalized spacial score (nSPS) is 22.6. The standard InChI is InChI=1S/C16H20FNO3S/c1-22(20,21)15-7-3-6-14(11-15)18-16(19)9-8-12-4-2-5-13(17)10-12/h2,4-5,8-10,14-15H,3,6-7,11H2,1H3,(H,18,19)/b9-8+/t14-,15+/m1/s1. The van der Waals surface area contributed by atoms with Gasteiger partial charge in [0.2, 0.25) is 5.91 Å². The van der Waals surface area contributed by atoms with E-state index >= 15 is 0 Å². The Balaban J connectivity index is 1.92. The van der Waals surface area contributed by atoms with Gasteiger partial charge in [-0.05, 0) is 43.0 Å². The van der Waals surface area contributed by atoms with E-state index in [0.717, 1.165) is 12.8 Å². The number of benzene rings is 1. The van der Waals surface area contributed by atoms with Crippen LogP contribution in [0.1, 0.15) is 31.2 Å². The number of halogens is 1. The second-order valence-electron chi connectivity index (χ2n) is 5.71. The Bertz CT molecular complexity index is 670. The van der Waals surface area contributed by atoms with Crippen molar-refractivity contribution in [3.05, 3.63) is 41.7 Å². The van der Waals surface area contributed by atoms with Gasteiger partial charge in [0, 0.05) is 18.4 Å². The van der Waals surface area contributed by atoms with Gasteiger partial charge in [0.05, 0.1) is 5.25 Å². The number of sulfone groups is 1. The summed E-state index contributed by atoms with van der Waals surface area (Å²) < 4.78 is 36.2. The summed E-state index contributed by atoms with van der Waals surface area (Å²) >= 11 is 0. The largest absolute Gasteiger partial charge is 0.350 e. The minimum absolute atomic E-state index is 0.127. The average molecular weight is 325 g/mol. The van der Waals surface area contributed by atoms with Crippen molar-refractivity contribution in [1.29, 1.82) is 0 Å². The van der Waals surface area contributed by atoms with E-state index in [-0.39, 0.29) is 23.0 Å². The zero-order valence-corrected chi connectivity index (χ0v) is 13.3. The van der Waals surface area contributed by atoms with Crippen molar-refractivity contribution in [3.8, 4) is 0 Å². The summed E-state index contributed by atoms with van der Waals surface area (Å²) in [5.74, 6) is -0.644. The van der Waals surface area contributed by atoms with E-state index in [2.05, 4.69) is 5.32 Å². The van der Waals surface area contributed by atoms with Crippen LogP contribution in [0.5, 0.6) is 0 Å². The molecule has 0 aromatic heterocycles. The van der Waals surface area contributed by atoms with Gasteiger partial charge < -0.3 is 5.32 Å². The summed E-state index contributed by atoms with van der Waals surface area (Å²) in [5.41, 5.74) is 0.604. The Labute approximate surface area is 130 Å². The number of amides is 1. The van der Waals surface area contributed by atoms with E-state index in [1.165, 1.54) is 30.5 Å². The number of hydrogen-bond donors (Lipinski definition) is 1. The molecule has 1 N–H and O–H groups in total. The fourth-order valence-electron chi connectivity index (χ4n) is 2.70. The Morgan fingerprint density at radius 2 is 2.14 bits per heavy atom. The summed E-state index contributed by atoms with van der Waals surface area (Å²) in [7, 11) is -3.07. The van der Waals surface area contributed by atoms with Crippen LogP contribution in [0.25, 0.3) is 6.08 Å². The molecule has 120 valence electrons. The van der Waals surface area contributed by atoms with Crippen molar-refractivity contribution in [2.75, 3.05) is 6.26 Å². The first-order chi connectivity index (χ1) is 10.3. The molecule has 6 heteroatoms. The predicted molar refractivity (Wildman–Crippen MR) is 84.5 cm³/mol. The molecule has 1 saturated carbocycles. The molecule has 22 heavy (non-hydrogen) atoms. The van der Waals surface area contributed by atoms with E-state index in [1.807, 2.05) is 0 Å². The van der Waals surface area contributed by atoms with Crippen molar-refractivity contribution in [1.82, 2.24) is 5.32 Å². The predicted octanol–water partition coefficient (Wildman–Crippen LogP) is 2.31. The third kappa shape index (κ3) is 4.94. The van der Waals surface area contributed by atoms with Crippen LogP contribution in [-0.2, 0) is 14.6 Å². The first-order valence-corrected chi connectivity index (χ1v) is 9.23. The van der Waals surface area contributed by atoms with E-state index in [0.29, 0.717) is 18.4 Å². The molecule has 0 saturated heterocycles. The van der Waals surface area contributed by atoms with Gasteiger partial charge in [0.1, 0.15) is 15.7 Å². The van der Waals surface area contributed by atoms with E-state index in [4.69, 9.17) is 0 Å². The molecule has 0 heterocycles. The van der Waals surface area contributed by atoms with Crippen LogP contribution in [0.15, 0.2) is 30.3 Å². The van der Waals surface area contributed by atoms with Gasteiger partial charge in [-0.3, -0.25) is 4.79 Å². The third-order valence-corrected chi connectivity index (χ3v) is 5.49. The first kappa shape index (κ1) is 16.7. The Hall–Kier alpha value is -1.69. The molecule has 0 bridgehead atoms. The van der Waals surface area contributed by atoms with E-state index < -0.39 is 9.84 Å². The molecule has 0 spiro atoms. The van der Waals surface area contributed by atoms with Crippen LogP contribution in [0.3, 0.4) is 0 Å². The maximum absolute atomic E-state index is 13.0. The molecule has 1 amide bonds. The molecule has 0 unspecified atom stereocenters. The molecule has 1 aliphatic rings. The lowest BCUT2D eigenvalue weighted by atomic mass is 9.95. The molecular weight excluding hydrogens is 305 g/mol. The van der Waals surface area contributed by atoms with Crippen LogP contribution < -0.4 is 5.32 Å². The number of rotatable bonds is 4. The van der Waals surface area contributed by atoms with Crippen LogP contribution in [-0.4, -0.2) is 31.9 Å². The topological polar surface area (TPSA) is 63.2 Å². The minimum atomic E-state index is -3.07. The maximum atomic E-state index is 13.0. The molecule has 0 radical (unpaired) electrons. The SMILES string of the molecule is CS(=O)(=O)[C@H]1CCC[C@@H](NC(=O)/C=C/c2cccc(F)c2)C1. The molecule has 2 atom stereocenters. The Kier molecular flexibility index (Phi) is 5.34. The number of hydrogen-bond acceptors (Lipinski definition) is 3. The lowest BCUT2D eigenvalue weighted by molar-refractivity contribution is -0.117. The Morgan fingerprint density at radius 3 is 2.82 bits per heavy atom. The summed E-state index contributed by atoms with van der Waals surface area (Å²) in [4.78, 5) is 11.9. The maximum Gasteiger partial charge on any atom is 0.244 e. The smallest absolute Gasteiger partial charge is 0.244 e. The summed E-state index contributed by atoms with van der Waals surface area (Å²) in [6.45, 7) is 0. The van der Waals surface area contributed by atoms with Crippen molar-refractivity contribution in [3.63, 3.8) is 0 Å². The molecule has 1 aromatic rings. The van der Waals surface area contributed by atoms with Gasteiger partial charge >= 0.3 is 0 Å². The zero-order valence-electron chi connectivity index (χ0n) is 12.5. The number of nitrogens with one attached hydrogen (secondary N) is 1. The number of carbonyl (C=O) groups excluding carboxylic acids is 1. The van der Waals surface area contributed by atoms with Gasteiger partial charge in [-0.25, -0.2) is 12.8 Å². The molecule has 1 aliphatic carbocycles. The van der Waals surface area contributed by atoms with Crippen molar-refractivity contribution < 1.29 is 17.6 Å². The van der Waals surface area contributed by atoms with Crippen molar-refractivity contribution in [2.24, 2.45) is 0 Å². The average Bonchev–Trinajstić information content (AvgIpc) is 2.45. The van der Waals surface area contributed by atoms with Crippen LogP contribution in [0.2, 0.25) is 0 Å². The lowest BCUT2D eigenvalue weighted by Gasteiger charge is -2.28. The number of carbonyl (C=O) groups is 1. The fourth-order valence-corrected chi connectivity index (χ4v) is 3.87. The highest BCUT2D eigenvalue weighted by Gasteiger charge is 2.29. The Morgan fingerprint density at radius 1 is 1.36 bits per heavy atom. The van der Waals surface area contributed by atoms with Crippen molar-refractivity contribution >= 4 is 21.8 Å². The quantitative estimate of drug-likeness (QED) is 0.864. The van der Waals surface area contributed by atoms with Crippen LogP contribution in [0, 0.1) is 5.82 Å². The van der Waals surface area contributed by atoms with Crippen LogP contribution >= 0.6 is 0 Å². The summed E-state index contributed by atoms with van der Waals surface area (Å²) in [6, 6.07) is 5.82. The second kappa shape index (κ2) is 7.05. The van der Waals surface area contributed by atoms with Gasteiger partial charge in [0.15, 0.2) is 0 Å². The molecule has 2 rings (SSSR count). The highest BCUT2D eigenvalue weighted by atomic mass is 32.2. The highest BCUT2D eigenvalue weighted by molar-refractivity contribution is 7.91. The molecular formula is C16H20FNO3S. The zero-order chi connectivity index (χ0) is 16.2.